The van der Waals surface area contributed by atoms with E-state index in [1.807, 2.05) is 37.3 Å². The molecule has 0 spiro atoms. The largest absolute Gasteiger partial charge is 0.480 e. The average molecular weight is 375 g/mol. The molecule has 0 aliphatic carbocycles. The number of nitrogens with one attached hydrogen (secondary N) is 1. The molecule has 2 aromatic rings. The van der Waals surface area contributed by atoms with Gasteiger partial charge < -0.3 is 9.84 Å². The molecule has 0 aromatic heterocycles. The Hall–Kier alpha value is -2.22. The van der Waals surface area contributed by atoms with Gasteiger partial charge in [-0.15, -0.1) is 0 Å². The van der Waals surface area contributed by atoms with Crippen molar-refractivity contribution in [1.82, 2.24) is 4.72 Å². The van der Waals surface area contributed by atoms with Crippen LogP contribution in [0.3, 0.4) is 0 Å². The fraction of sp³-hybridized carbons (Fsp3) is 0.316. The number of aryl methyl sites for hydroxylation is 1. The van der Waals surface area contributed by atoms with Crippen LogP contribution in [-0.4, -0.2) is 32.1 Å². The molecular formula is C19H21NO5S. The standard InChI is InChI=1S/C19H21NO5S/c1-13-7-9-16(10-8-13)26(23,24)20-18(19(21)22)15-11-17(25-12-15)14-5-3-2-4-6-14/h2-10,15,17-18,20H,11-12H2,1H3,(H,21,22)/t15-,17+,18?/m0/s1. The van der Waals surface area contributed by atoms with Gasteiger partial charge in [-0.1, -0.05) is 48.0 Å². The molecule has 7 heteroatoms. The summed E-state index contributed by atoms with van der Waals surface area (Å²) in [6.07, 6.45) is 0.212. The van der Waals surface area contributed by atoms with E-state index >= 15 is 0 Å². The van der Waals surface area contributed by atoms with Crippen LogP contribution >= 0.6 is 0 Å². The van der Waals surface area contributed by atoms with Crippen LogP contribution < -0.4 is 4.72 Å². The number of carboxylic acid groups (broad SMARTS) is 1. The van der Waals surface area contributed by atoms with Crippen molar-refractivity contribution in [3.8, 4) is 0 Å². The molecule has 0 saturated carbocycles. The predicted molar refractivity (Wildman–Crippen MR) is 96.2 cm³/mol. The van der Waals surface area contributed by atoms with Gasteiger partial charge in [-0.3, -0.25) is 4.79 Å². The smallest absolute Gasteiger partial charge is 0.322 e. The zero-order valence-corrected chi connectivity index (χ0v) is 15.1. The summed E-state index contributed by atoms with van der Waals surface area (Å²) < 4.78 is 33.2. The van der Waals surface area contributed by atoms with Gasteiger partial charge in [0, 0.05) is 5.92 Å². The van der Waals surface area contributed by atoms with E-state index in [-0.39, 0.29) is 17.6 Å². The lowest BCUT2D eigenvalue weighted by atomic mass is 9.95. The van der Waals surface area contributed by atoms with Crippen LogP contribution in [0.5, 0.6) is 0 Å². The number of ether oxygens (including phenoxy) is 1. The summed E-state index contributed by atoms with van der Waals surface area (Å²) in [6.45, 7) is 2.04. The van der Waals surface area contributed by atoms with E-state index in [1.54, 1.807) is 12.1 Å². The number of sulfonamides is 1. The Kier molecular flexibility index (Phi) is 5.41. The highest BCUT2D eigenvalue weighted by atomic mass is 32.2. The van der Waals surface area contributed by atoms with E-state index in [9.17, 15) is 18.3 Å². The SMILES string of the molecule is Cc1ccc(S(=O)(=O)NC(C(=O)O)[C@@H]2CO[C@@H](c3ccccc3)C2)cc1. The Balaban J connectivity index is 1.76. The molecule has 138 valence electrons. The van der Waals surface area contributed by atoms with E-state index in [0.717, 1.165) is 11.1 Å². The Bertz CT molecular complexity index is 865. The fourth-order valence-electron chi connectivity index (χ4n) is 3.08. The molecule has 1 heterocycles. The molecule has 3 rings (SSSR count). The highest BCUT2D eigenvalue weighted by Crippen LogP contribution is 2.34. The number of benzene rings is 2. The highest BCUT2D eigenvalue weighted by Gasteiger charge is 2.38. The molecular weight excluding hydrogens is 354 g/mol. The summed E-state index contributed by atoms with van der Waals surface area (Å²) in [5.41, 5.74) is 1.88. The summed E-state index contributed by atoms with van der Waals surface area (Å²) in [5, 5.41) is 9.56. The molecule has 1 aliphatic rings. The molecule has 3 atom stereocenters. The Morgan fingerprint density at radius 1 is 1.15 bits per heavy atom. The van der Waals surface area contributed by atoms with E-state index in [4.69, 9.17) is 4.74 Å². The fourth-order valence-corrected chi connectivity index (χ4v) is 4.34. The Labute approximate surface area is 152 Å². The van der Waals surface area contributed by atoms with Crippen molar-refractivity contribution < 1.29 is 23.1 Å². The van der Waals surface area contributed by atoms with Crippen LogP contribution in [0.1, 0.15) is 23.7 Å². The maximum absolute atomic E-state index is 12.6. The first kappa shape index (κ1) is 18.6. The van der Waals surface area contributed by atoms with Gasteiger partial charge >= 0.3 is 5.97 Å². The molecule has 2 aromatic carbocycles. The van der Waals surface area contributed by atoms with Gasteiger partial charge in [-0.25, -0.2) is 8.42 Å². The molecule has 1 saturated heterocycles. The lowest BCUT2D eigenvalue weighted by Gasteiger charge is -2.20. The van der Waals surface area contributed by atoms with Crippen molar-refractivity contribution >= 4 is 16.0 Å². The summed E-state index contributed by atoms with van der Waals surface area (Å²) in [4.78, 5) is 11.8. The Morgan fingerprint density at radius 2 is 1.81 bits per heavy atom. The molecule has 2 N–H and O–H groups in total. The molecule has 0 radical (unpaired) electrons. The third kappa shape index (κ3) is 4.12. The lowest BCUT2D eigenvalue weighted by molar-refractivity contribution is -0.140. The summed E-state index contributed by atoms with van der Waals surface area (Å²) in [6, 6.07) is 14.5. The van der Waals surface area contributed by atoms with Gasteiger partial charge in [0.25, 0.3) is 0 Å². The van der Waals surface area contributed by atoms with Crippen molar-refractivity contribution in [2.45, 2.75) is 30.4 Å². The van der Waals surface area contributed by atoms with Crippen LogP contribution in [0.25, 0.3) is 0 Å². The zero-order valence-electron chi connectivity index (χ0n) is 14.3. The maximum Gasteiger partial charge on any atom is 0.322 e. The predicted octanol–water partition coefficient (Wildman–Crippen LogP) is 2.50. The highest BCUT2D eigenvalue weighted by molar-refractivity contribution is 7.89. The van der Waals surface area contributed by atoms with Crippen molar-refractivity contribution in [2.24, 2.45) is 5.92 Å². The van der Waals surface area contributed by atoms with Crippen molar-refractivity contribution in [3.63, 3.8) is 0 Å². The van der Waals surface area contributed by atoms with Gasteiger partial charge in [0.05, 0.1) is 17.6 Å². The van der Waals surface area contributed by atoms with Crippen molar-refractivity contribution in [3.05, 3.63) is 65.7 Å². The third-order valence-corrected chi connectivity index (χ3v) is 6.01. The van der Waals surface area contributed by atoms with Gasteiger partial charge in [-0.2, -0.15) is 4.72 Å². The number of hydrogen-bond donors (Lipinski definition) is 2. The van der Waals surface area contributed by atoms with Gasteiger partial charge in [0.15, 0.2) is 0 Å². The average Bonchev–Trinajstić information content (AvgIpc) is 3.10. The first-order valence-electron chi connectivity index (χ1n) is 8.35. The van der Waals surface area contributed by atoms with E-state index in [1.165, 1.54) is 12.1 Å². The normalized spacial score (nSPS) is 21.4. The topological polar surface area (TPSA) is 92.7 Å². The van der Waals surface area contributed by atoms with Crippen LogP contribution in [-0.2, 0) is 19.6 Å². The number of aliphatic carboxylic acids is 1. The maximum atomic E-state index is 12.6. The third-order valence-electron chi connectivity index (χ3n) is 4.55. The molecule has 1 fully saturated rings. The van der Waals surface area contributed by atoms with Gasteiger partial charge in [-0.05, 0) is 31.0 Å². The molecule has 1 aliphatic heterocycles. The van der Waals surface area contributed by atoms with Crippen LogP contribution in [0.4, 0.5) is 0 Å². The number of hydrogen-bond acceptors (Lipinski definition) is 4. The minimum atomic E-state index is -3.93. The van der Waals surface area contributed by atoms with E-state index in [0.29, 0.717) is 6.42 Å². The minimum absolute atomic E-state index is 0.0490. The zero-order chi connectivity index (χ0) is 18.7. The first-order chi connectivity index (χ1) is 12.4. The molecule has 26 heavy (non-hydrogen) atoms. The summed E-state index contributed by atoms with van der Waals surface area (Å²) >= 11 is 0. The van der Waals surface area contributed by atoms with Crippen LogP contribution in [0.2, 0.25) is 0 Å². The summed E-state index contributed by atoms with van der Waals surface area (Å²) in [7, 11) is -3.93. The minimum Gasteiger partial charge on any atom is -0.480 e. The summed E-state index contributed by atoms with van der Waals surface area (Å²) in [5.74, 6) is -1.65. The molecule has 0 bridgehead atoms. The van der Waals surface area contributed by atoms with E-state index in [2.05, 4.69) is 4.72 Å². The monoisotopic (exact) mass is 375 g/mol. The van der Waals surface area contributed by atoms with Gasteiger partial charge in [0.1, 0.15) is 6.04 Å². The number of carbonyl (C=O) groups is 1. The van der Waals surface area contributed by atoms with Crippen LogP contribution in [0, 0.1) is 12.8 Å². The molecule has 6 nitrogen and oxygen atoms in total. The second-order valence-electron chi connectivity index (χ2n) is 6.48. The molecule has 1 unspecified atom stereocenters. The second-order valence-corrected chi connectivity index (χ2v) is 8.19. The van der Waals surface area contributed by atoms with Crippen molar-refractivity contribution in [1.29, 1.82) is 0 Å². The second kappa shape index (κ2) is 7.57. The van der Waals surface area contributed by atoms with E-state index < -0.39 is 28.0 Å². The van der Waals surface area contributed by atoms with Crippen molar-refractivity contribution in [2.75, 3.05) is 6.61 Å². The lowest BCUT2D eigenvalue weighted by Crippen LogP contribution is -2.46. The Morgan fingerprint density at radius 3 is 2.42 bits per heavy atom. The van der Waals surface area contributed by atoms with Crippen LogP contribution in [0.15, 0.2) is 59.5 Å². The number of rotatable bonds is 6. The molecule has 0 amide bonds. The first-order valence-corrected chi connectivity index (χ1v) is 9.83. The quantitative estimate of drug-likeness (QED) is 0.809. The number of carboxylic acids is 1. The van der Waals surface area contributed by atoms with Gasteiger partial charge in [0.2, 0.25) is 10.0 Å².